The molecule has 2 atom stereocenters. The molecule has 4 aliphatic rings. The molecule has 4 fully saturated rings. The molecule has 0 bridgehead atoms. The number of nitrogens with zero attached hydrogens (tertiary/aromatic N) is 2. The first kappa shape index (κ1) is 13.6. The molecule has 2 unspecified atom stereocenters. The smallest absolute Gasteiger partial charge is 0.0181 e. The molecule has 2 aliphatic carbocycles. The van der Waals surface area contributed by atoms with E-state index < -0.39 is 0 Å². The van der Waals surface area contributed by atoms with Crippen LogP contribution in [0.5, 0.6) is 0 Å². The number of likely N-dealkylation sites (tertiary alicyclic amines) is 2. The van der Waals surface area contributed by atoms with Crippen LogP contribution >= 0.6 is 0 Å². The molecule has 2 nitrogen and oxygen atoms in total. The molecule has 0 aromatic carbocycles. The van der Waals surface area contributed by atoms with Gasteiger partial charge < -0.3 is 4.90 Å². The predicted octanol–water partition coefficient (Wildman–Crippen LogP) is 3.23. The van der Waals surface area contributed by atoms with E-state index in [1.165, 1.54) is 64.7 Å². The van der Waals surface area contributed by atoms with E-state index in [9.17, 15) is 0 Å². The van der Waals surface area contributed by atoms with Crippen molar-refractivity contribution in [2.45, 2.75) is 57.9 Å². The number of rotatable bonds is 2. The Morgan fingerprint density at radius 2 is 1.45 bits per heavy atom. The lowest BCUT2D eigenvalue weighted by atomic mass is 9.80. The number of piperidine rings is 1. The zero-order valence-corrected chi connectivity index (χ0v) is 13.7. The largest absolute Gasteiger partial charge is 0.306 e. The Balaban J connectivity index is 1.40. The van der Waals surface area contributed by atoms with E-state index in [1.807, 2.05) is 0 Å². The Morgan fingerprint density at radius 1 is 0.900 bits per heavy atom. The van der Waals surface area contributed by atoms with Crippen LogP contribution in [0.15, 0.2) is 0 Å². The molecule has 2 saturated carbocycles. The first-order valence-corrected chi connectivity index (χ1v) is 8.92. The Kier molecular flexibility index (Phi) is 3.03. The molecule has 1 spiro atoms. The second-order valence-electron chi connectivity index (χ2n) is 9.05. The van der Waals surface area contributed by atoms with Crippen molar-refractivity contribution in [2.75, 3.05) is 33.2 Å². The zero-order valence-electron chi connectivity index (χ0n) is 13.7. The molecule has 0 aromatic heterocycles. The van der Waals surface area contributed by atoms with Crippen LogP contribution in [0, 0.1) is 23.2 Å². The molecular weight excluding hydrogens is 244 g/mol. The highest BCUT2D eigenvalue weighted by atomic mass is 15.2. The van der Waals surface area contributed by atoms with Gasteiger partial charge in [-0.15, -0.1) is 0 Å². The second-order valence-corrected chi connectivity index (χ2v) is 9.05. The maximum Gasteiger partial charge on any atom is 0.0181 e. The van der Waals surface area contributed by atoms with Crippen molar-refractivity contribution in [3.63, 3.8) is 0 Å². The minimum atomic E-state index is 0.444. The summed E-state index contributed by atoms with van der Waals surface area (Å²) in [7, 11) is 2.30. The minimum Gasteiger partial charge on any atom is -0.306 e. The average Bonchev–Trinajstić information content (AvgIpc) is 2.87. The van der Waals surface area contributed by atoms with E-state index in [-0.39, 0.29) is 0 Å². The topological polar surface area (TPSA) is 6.48 Å². The van der Waals surface area contributed by atoms with Crippen molar-refractivity contribution >= 4 is 0 Å². The highest BCUT2D eigenvalue weighted by Crippen LogP contribution is 2.55. The van der Waals surface area contributed by atoms with Crippen LogP contribution < -0.4 is 0 Å². The highest BCUT2D eigenvalue weighted by molar-refractivity contribution is 5.03. The lowest BCUT2D eigenvalue weighted by molar-refractivity contribution is 0.0243. The number of hydrogen-bond donors (Lipinski definition) is 0. The Morgan fingerprint density at radius 3 is 1.95 bits per heavy atom. The lowest BCUT2D eigenvalue weighted by Gasteiger charge is -2.47. The van der Waals surface area contributed by atoms with Crippen LogP contribution in [-0.4, -0.2) is 48.6 Å². The summed E-state index contributed by atoms with van der Waals surface area (Å²) in [4.78, 5) is 5.41. The third kappa shape index (κ3) is 2.14. The first-order chi connectivity index (χ1) is 9.48. The van der Waals surface area contributed by atoms with Gasteiger partial charge >= 0.3 is 0 Å². The fourth-order valence-corrected chi connectivity index (χ4v) is 5.60. The SMILES string of the molecule is CN1CC2CC(C(C)(C)N3CCC4(CC3)CC4)CC2C1. The Hall–Kier alpha value is -0.0800. The quantitative estimate of drug-likeness (QED) is 0.764. The van der Waals surface area contributed by atoms with Crippen molar-refractivity contribution in [1.29, 1.82) is 0 Å². The second kappa shape index (κ2) is 4.46. The van der Waals surface area contributed by atoms with Gasteiger partial charge in [0, 0.05) is 18.6 Å². The van der Waals surface area contributed by atoms with Gasteiger partial charge in [0.05, 0.1) is 0 Å². The van der Waals surface area contributed by atoms with Crippen molar-refractivity contribution in [3.05, 3.63) is 0 Å². The number of fused-ring (bicyclic) bond motifs is 1. The predicted molar refractivity (Wildman–Crippen MR) is 83.8 cm³/mol. The fourth-order valence-electron chi connectivity index (χ4n) is 5.60. The van der Waals surface area contributed by atoms with Crippen LogP contribution in [0.2, 0.25) is 0 Å². The molecular formula is C18H32N2. The van der Waals surface area contributed by atoms with Crippen molar-refractivity contribution in [2.24, 2.45) is 23.2 Å². The van der Waals surface area contributed by atoms with Gasteiger partial charge in [-0.05, 0) is 95.7 Å². The van der Waals surface area contributed by atoms with Gasteiger partial charge in [0.25, 0.3) is 0 Å². The van der Waals surface area contributed by atoms with Crippen LogP contribution in [0.1, 0.15) is 52.4 Å². The van der Waals surface area contributed by atoms with E-state index in [0.717, 1.165) is 23.2 Å². The summed E-state index contributed by atoms with van der Waals surface area (Å²) in [6.45, 7) is 10.6. The van der Waals surface area contributed by atoms with E-state index in [4.69, 9.17) is 0 Å². The Bertz CT molecular complexity index is 361. The highest BCUT2D eigenvalue weighted by Gasteiger charge is 2.50. The third-order valence-corrected chi connectivity index (χ3v) is 7.53. The summed E-state index contributed by atoms with van der Waals surface area (Å²) >= 11 is 0. The van der Waals surface area contributed by atoms with Crippen molar-refractivity contribution in [3.8, 4) is 0 Å². The van der Waals surface area contributed by atoms with E-state index in [0.29, 0.717) is 5.54 Å². The number of hydrogen-bond acceptors (Lipinski definition) is 2. The van der Waals surface area contributed by atoms with Gasteiger partial charge in [-0.2, -0.15) is 0 Å². The molecule has 0 radical (unpaired) electrons. The average molecular weight is 276 g/mol. The summed E-state index contributed by atoms with van der Waals surface area (Å²) in [5.41, 5.74) is 1.26. The standard InChI is InChI=1S/C18H32N2/c1-17(2,20-8-6-18(4-5-18)7-9-20)16-10-14-12-19(3)13-15(14)11-16/h14-16H,4-13H2,1-3H3. The Labute approximate surface area is 124 Å². The van der Waals surface area contributed by atoms with Crippen LogP contribution in [-0.2, 0) is 0 Å². The minimum absolute atomic E-state index is 0.444. The van der Waals surface area contributed by atoms with E-state index >= 15 is 0 Å². The lowest BCUT2D eigenvalue weighted by Crippen LogP contribution is -2.52. The van der Waals surface area contributed by atoms with Crippen LogP contribution in [0.4, 0.5) is 0 Å². The molecule has 2 heteroatoms. The van der Waals surface area contributed by atoms with Gasteiger partial charge in [0.2, 0.25) is 0 Å². The fraction of sp³-hybridized carbons (Fsp3) is 1.00. The summed E-state index contributed by atoms with van der Waals surface area (Å²) in [5, 5.41) is 0. The molecule has 2 heterocycles. The van der Waals surface area contributed by atoms with Gasteiger partial charge in [-0.25, -0.2) is 0 Å². The maximum atomic E-state index is 2.85. The van der Waals surface area contributed by atoms with E-state index in [2.05, 4.69) is 30.7 Å². The monoisotopic (exact) mass is 276 g/mol. The van der Waals surface area contributed by atoms with Crippen LogP contribution in [0.3, 0.4) is 0 Å². The van der Waals surface area contributed by atoms with Crippen LogP contribution in [0.25, 0.3) is 0 Å². The third-order valence-electron chi connectivity index (χ3n) is 7.53. The van der Waals surface area contributed by atoms with Crippen molar-refractivity contribution in [1.82, 2.24) is 9.80 Å². The van der Waals surface area contributed by atoms with Gasteiger partial charge in [-0.3, -0.25) is 4.90 Å². The molecule has 0 amide bonds. The maximum absolute atomic E-state index is 2.85. The van der Waals surface area contributed by atoms with Gasteiger partial charge in [0.1, 0.15) is 0 Å². The van der Waals surface area contributed by atoms with Gasteiger partial charge in [0.15, 0.2) is 0 Å². The molecule has 20 heavy (non-hydrogen) atoms. The molecule has 2 aliphatic heterocycles. The summed E-state index contributed by atoms with van der Waals surface area (Å²) < 4.78 is 0. The molecule has 114 valence electrons. The first-order valence-electron chi connectivity index (χ1n) is 8.92. The molecule has 0 N–H and O–H groups in total. The molecule has 0 aromatic rings. The molecule has 2 saturated heterocycles. The summed E-state index contributed by atoms with van der Waals surface area (Å²) in [5.74, 6) is 2.95. The molecule has 4 rings (SSSR count). The zero-order chi connectivity index (χ0) is 14.0. The van der Waals surface area contributed by atoms with Crippen molar-refractivity contribution < 1.29 is 0 Å². The summed E-state index contributed by atoms with van der Waals surface area (Å²) in [6.07, 6.45) is 9.01. The summed E-state index contributed by atoms with van der Waals surface area (Å²) in [6, 6.07) is 0. The van der Waals surface area contributed by atoms with Gasteiger partial charge in [-0.1, -0.05) is 0 Å². The normalized spacial score (nSPS) is 41.2. The van der Waals surface area contributed by atoms with E-state index in [1.54, 1.807) is 0 Å².